The summed E-state index contributed by atoms with van der Waals surface area (Å²) in [5.41, 5.74) is 9.82. The number of nitrogens with two attached hydrogens (primary N) is 1. The molecule has 1 aromatic rings. The van der Waals surface area contributed by atoms with Gasteiger partial charge in [0.15, 0.2) is 5.96 Å². The molecule has 1 unspecified atom stereocenters. The summed E-state index contributed by atoms with van der Waals surface area (Å²) in [6, 6.07) is 0.558. The predicted molar refractivity (Wildman–Crippen MR) is 159 cm³/mol. The Morgan fingerprint density at radius 2 is 1.81 bits per heavy atom. The minimum Gasteiger partial charge on any atom is -0.369 e. The van der Waals surface area contributed by atoms with Crippen LogP contribution < -0.4 is 11.1 Å². The van der Waals surface area contributed by atoms with Crippen LogP contribution in [0.3, 0.4) is 0 Å². The smallest absolute Gasteiger partial charge is 0.253 e. The Morgan fingerprint density at radius 1 is 1.08 bits per heavy atom. The van der Waals surface area contributed by atoms with Gasteiger partial charge >= 0.3 is 0 Å². The molecule has 3 aliphatic rings. The molecule has 0 saturated heterocycles. The van der Waals surface area contributed by atoms with Crippen molar-refractivity contribution in [1.82, 2.24) is 15.2 Å². The van der Waals surface area contributed by atoms with Gasteiger partial charge in [0, 0.05) is 25.0 Å². The molecule has 0 aromatic carbocycles. The van der Waals surface area contributed by atoms with Crippen molar-refractivity contribution in [2.45, 2.75) is 123 Å². The summed E-state index contributed by atoms with van der Waals surface area (Å²) in [5.74, 6) is 0.404. The molecule has 6 heteroatoms. The molecule has 0 bridgehead atoms. The number of rotatable bonds is 10. The van der Waals surface area contributed by atoms with Crippen LogP contribution in [0.15, 0.2) is 29.4 Å². The number of hydrogen-bond acceptors (Lipinski definition) is 4. The van der Waals surface area contributed by atoms with Crippen LogP contribution in [0.4, 0.5) is 0 Å². The number of guanidine groups is 1. The molecule has 1 saturated carbocycles. The molecule has 1 aliphatic heterocycles. The number of allylic oxidation sites excluding steroid dienone is 3. The summed E-state index contributed by atoms with van der Waals surface area (Å²) in [6.45, 7) is 7.56. The minimum absolute atomic E-state index is 0.0444. The van der Waals surface area contributed by atoms with Gasteiger partial charge in [0.1, 0.15) is 6.04 Å². The molecule has 1 amide bonds. The molecule has 2 aliphatic carbocycles. The highest BCUT2D eigenvalue weighted by Crippen LogP contribution is 2.21. The van der Waals surface area contributed by atoms with E-state index in [0.29, 0.717) is 5.96 Å². The van der Waals surface area contributed by atoms with Crippen molar-refractivity contribution in [3.8, 4) is 0 Å². The van der Waals surface area contributed by atoms with Gasteiger partial charge in [-0.05, 0) is 55.9 Å². The molecule has 208 valence electrons. The normalized spacial score (nSPS) is 18.9. The van der Waals surface area contributed by atoms with E-state index in [9.17, 15) is 4.79 Å². The van der Waals surface area contributed by atoms with Crippen LogP contribution in [-0.4, -0.2) is 47.4 Å². The number of carbonyl (C=O) groups excluding carboxylic acids is 1. The summed E-state index contributed by atoms with van der Waals surface area (Å²) in [5, 5.41) is 3.73. The van der Waals surface area contributed by atoms with E-state index in [1.165, 1.54) is 85.9 Å². The standard InChI is InChI=1S/C17H24N2.C11H21N3O.C3H8/c1-3-7-15(8-4-1)18-12-11-14-13-19-17-10-6-2-5-9-16(14)17;1-3-4-5-6-7-8-9-10(15)14(2)11(12)13-9;1-3-2/h2,5-6,10,13,15,18-19H,1,3-4,7-9,11-12H2;9H,3-8H2,1-2H3,(H2,12,13);3H2,1-2H3. The highest BCUT2D eigenvalue weighted by atomic mass is 16.2. The summed E-state index contributed by atoms with van der Waals surface area (Å²) in [4.78, 5) is 20.5. The van der Waals surface area contributed by atoms with Crippen molar-refractivity contribution < 1.29 is 4.79 Å². The number of nitrogens with one attached hydrogen (secondary N) is 2. The summed E-state index contributed by atoms with van der Waals surface area (Å²) < 4.78 is 0. The monoisotopic (exact) mass is 511 g/mol. The van der Waals surface area contributed by atoms with E-state index in [1.807, 2.05) is 0 Å². The second-order valence-electron chi connectivity index (χ2n) is 10.5. The van der Waals surface area contributed by atoms with Gasteiger partial charge in [-0.2, -0.15) is 0 Å². The van der Waals surface area contributed by atoms with Crippen molar-refractivity contribution in [3.63, 3.8) is 0 Å². The average molecular weight is 512 g/mol. The van der Waals surface area contributed by atoms with Crippen molar-refractivity contribution in [1.29, 1.82) is 0 Å². The zero-order chi connectivity index (χ0) is 26.9. The Morgan fingerprint density at radius 3 is 2.49 bits per heavy atom. The van der Waals surface area contributed by atoms with E-state index in [0.717, 1.165) is 38.3 Å². The van der Waals surface area contributed by atoms with Crippen LogP contribution in [0.1, 0.15) is 115 Å². The third-order valence-corrected chi connectivity index (χ3v) is 7.21. The zero-order valence-corrected chi connectivity index (χ0v) is 24.0. The second kappa shape index (κ2) is 18.0. The van der Waals surface area contributed by atoms with Crippen LogP contribution in [0.25, 0.3) is 6.08 Å². The molecule has 6 nitrogen and oxygen atoms in total. The summed E-state index contributed by atoms with van der Waals surface area (Å²) >= 11 is 0. The Labute approximate surface area is 226 Å². The molecule has 0 spiro atoms. The molecule has 2 heterocycles. The van der Waals surface area contributed by atoms with Crippen LogP contribution in [-0.2, 0) is 17.6 Å². The molecule has 4 N–H and O–H groups in total. The first-order valence-electron chi connectivity index (χ1n) is 14.9. The third kappa shape index (κ3) is 10.9. The van der Waals surface area contributed by atoms with Gasteiger partial charge in [0.2, 0.25) is 0 Å². The van der Waals surface area contributed by atoms with E-state index in [-0.39, 0.29) is 11.9 Å². The fourth-order valence-electron chi connectivity index (χ4n) is 5.03. The summed E-state index contributed by atoms with van der Waals surface area (Å²) in [6.07, 6.45) is 28.2. The number of hydrogen-bond donors (Lipinski definition) is 3. The van der Waals surface area contributed by atoms with Gasteiger partial charge in [-0.15, -0.1) is 0 Å². The Hall–Kier alpha value is -2.34. The minimum atomic E-state index is -0.211. The van der Waals surface area contributed by atoms with Gasteiger partial charge < -0.3 is 16.0 Å². The number of nitrogens with zero attached hydrogens (tertiary/aromatic N) is 2. The predicted octanol–water partition coefficient (Wildman–Crippen LogP) is 6.52. The molecule has 1 aromatic heterocycles. The van der Waals surface area contributed by atoms with Crippen molar-refractivity contribution in [2.75, 3.05) is 13.6 Å². The molecular weight excluding hydrogens is 458 g/mol. The van der Waals surface area contributed by atoms with E-state index >= 15 is 0 Å². The lowest BCUT2D eigenvalue weighted by Crippen LogP contribution is -2.35. The maximum absolute atomic E-state index is 11.6. The van der Waals surface area contributed by atoms with Gasteiger partial charge in [0.25, 0.3) is 5.91 Å². The number of unbranched alkanes of at least 4 members (excludes halogenated alkanes) is 4. The van der Waals surface area contributed by atoms with E-state index < -0.39 is 0 Å². The molecule has 1 fully saturated rings. The van der Waals surface area contributed by atoms with Crippen LogP contribution in [0, 0.1) is 0 Å². The maximum atomic E-state index is 11.6. The highest BCUT2D eigenvalue weighted by molar-refractivity contribution is 6.03. The first-order valence-corrected chi connectivity index (χ1v) is 14.9. The van der Waals surface area contributed by atoms with Gasteiger partial charge in [-0.25, -0.2) is 4.99 Å². The Kier molecular flexibility index (Phi) is 15.0. The van der Waals surface area contributed by atoms with Crippen molar-refractivity contribution >= 4 is 17.9 Å². The second-order valence-corrected chi connectivity index (χ2v) is 10.5. The SMILES string of the molecule is C1=CCc2c(CCNC3CCCCC3)c[nH]c2C=C1.CCC.CCCCCCCC1N=C(N)N(C)C1=O. The maximum Gasteiger partial charge on any atom is 0.253 e. The molecule has 0 radical (unpaired) electrons. The molecule has 4 rings (SSSR count). The first-order chi connectivity index (χ1) is 18.0. The lowest BCUT2D eigenvalue weighted by atomic mass is 9.95. The molecule has 37 heavy (non-hydrogen) atoms. The quantitative estimate of drug-likeness (QED) is 0.312. The lowest BCUT2D eigenvalue weighted by Gasteiger charge is -2.22. The number of aromatic nitrogens is 1. The molecular formula is C31H53N5O. The number of aliphatic imine (C=N–C) groups is 1. The number of H-pyrrole nitrogens is 1. The Balaban J connectivity index is 0.000000242. The average Bonchev–Trinajstić information content (AvgIpc) is 3.28. The fourth-order valence-corrected chi connectivity index (χ4v) is 5.03. The van der Waals surface area contributed by atoms with Gasteiger partial charge in [0.05, 0.1) is 0 Å². The third-order valence-electron chi connectivity index (χ3n) is 7.21. The van der Waals surface area contributed by atoms with Crippen molar-refractivity contribution in [3.05, 3.63) is 41.2 Å². The number of likely N-dealkylation sites (N-methyl/N-ethyl adjacent to an activating group) is 1. The zero-order valence-electron chi connectivity index (χ0n) is 24.0. The summed E-state index contributed by atoms with van der Waals surface area (Å²) in [7, 11) is 1.68. The van der Waals surface area contributed by atoms with Crippen LogP contribution in [0.2, 0.25) is 0 Å². The highest BCUT2D eigenvalue weighted by Gasteiger charge is 2.29. The van der Waals surface area contributed by atoms with Crippen LogP contribution in [0.5, 0.6) is 0 Å². The van der Waals surface area contributed by atoms with Crippen molar-refractivity contribution in [2.24, 2.45) is 10.7 Å². The van der Waals surface area contributed by atoms with Gasteiger partial charge in [-0.1, -0.05) is 96.8 Å². The number of carbonyl (C=O) groups is 1. The topological polar surface area (TPSA) is 86.5 Å². The fraction of sp³-hybridized carbons (Fsp3) is 0.677. The van der Waals surface area contributed by atoms with Crippen LogP contribution >= 0.6 is 0 Å². The van der Waals surface area contributed by atoms with E-state index in [1.54, 1.807) is 7.05 Å². The first kappa shape index (κ1) is 30.9. The number of fused-ring (bicyclic) bond motifs is 1. The molecule has 1 atom stereocenters. The van der Waals surface area contributed by atoms with E-state index in [2.05, 4.69) is 66.6 Å². The number of aromatic amines is 1. The van der Waals surface area contributed by atoms with Gasteiger partial charge in [-0.3, -0.25) is 9.69 Å². The largest absolute Gasteiger partial charge is 0.369 e. The number of amides is 1. The van der Waals surface area contributed by atoms with E-state index in [4.69, 9.17) is 5.73 Å². The lowest BCUT2D eigenvalue weighted by molar-refractivity contribution is -0.126. The Bertz CT molecular complexity index is 863.